The Hall–Kier alpha value is -2.70. The molecule has 5 rings (SSSR count). The summed E-state index contributed by atoms with van der Waals surface area (Å²) in [7, 11) is 0. The number of fused-ring (bicyclic) bond motifs is 2. The summed E-state index contributed by atoms with van der Waals surface area (Å²) in [5.41, 5.74) is 1.71. The lowest BCUT2D eigenvalue weighted by atomic mass is 9.84. The lowest BCUT2D eigenvalue weighted by Crippen LogP contribution is -2.25. The molecule has 2 aliphatic heterocycles. The molecule has 2 aromatic rings. The predicted molar refractivity (Wildman–Crippen MR) is 122 cm³/mol. The van der Waals surface area contributed by atoms with Crippen molar-refractivity contribution < 1.29 is 19.1 Å². The number of likely N-dealkylation sites (tertiary alicyclic amines) is 2. The molecule has 2 heterocycles. The van der Waals surface area contributed by atoms with E-state index in [1.807, 2.05) is 0 Å². The summed E-state index contributed by atoms with van der Waals surface area (Å²) in [6, 6.07) is 10.4. The first kappa shape index (κ1) is 21.2. The molecule has 6 nitrogen and oxygen atoms in total. The first-order valence-electron chi connectivity index (χ1n) is 11.8. The van der Waals surface area contributed by atoms with Gasteiger partial charge >= 0.3 is 0 Å². The van der Waals surface area contributed by atoms with Gasteiger partial charge in [-0.15, -0.1) is 0 Å². The number of hydrogen-bond acceptors (Lipinski definition) is 6. The van der Waals surface area contributed by atoms with Gasteiger partial charge in [0.05, 0.1) is 0 Å². The number of benzene rings is 2. The van der Waals surface area contributed by atoms with E-state index in [0.717, 1.165) is 39.3 Å². The maximum Gasteiger partial charge on any atom is 0.194 e. The molecule has 0 N–H and O–H groups in total. The van der Waals surface area contributed by atoms with E-state index in [2.05, 4.69) is 9.80 Å². The molecule has 0 aromatic heterocycles. The summed E-state index contributed by atoms with van der Waals surface area (Å²) in [5.74, 6) is 0.988. The van der Waals surface area contributed by atoms with Gasteiger partial charge in [0.15, 0.2) is 11.6 Å². The summed E-state index contributed by atoms with van der Waals surface area (Å²) in [4.78, 5) is 31.0. The summed E-state index contributed by atoms with van der Waals surface area (Å²) in [6.07, 6.45) is 5.00. The SMILES string of the molecule is O=C1c2ccc(OCCN3CCCC3)cc2C(=O)c2cc(OCCN3CCCC3)ccc21. The van der Waals surface area contributed by atoms with Crippen LogP contribution in [0, 0.1) is 0 Å². The topological polar surface area (TPSA) is 59.1 Å². The van der Waals surface area contributed by atoms with Crippen LogP contribution in [0.4, 0.5) is 0 Å². The van der Waals surface area contributed by atoms with Crippen molar-refractivity contribution in [2.45, 2.75) is 25.7 Å². The third-order valence-electron chi connectivity index (χ3n) is 6.71. The Bertz CT molecular complexity index is 929. The fourth-order valence-corrected chi connectivity index (χ4v) is 4.89. The molecule has 2 aromatic carbocycles. The number of rotatable bonds is 8. The first-order chi connectivity index (χ1) is 15.7. The monoisotopic (exact) mass is 434 g/mol. The number of carbonyl (C=O) groups is 2. The standard InChI is InChI=1S/C26H30N2O4/c29-25-21-7-5-19(31-15-13-27-9-1-2-10-27)17-23(21)26(30)24-18-20(6-8-22(24)25)32-16-14-28-11-3-4-12-28/h5-8,17-18H,1-4,9-16H2. The van der Waals surface area contributed by atoms with Gasteiger partial charge in [0.1, 0.15) is 24.7 Å². The third-order valence-corrected chi connectivity index (χ3v) is 6.71. The van der Waals surface area contributed by atoms with Gasteiger partial charge in [-0.05, 0) is 88.3 Å². The van der Waals surface area contributed by atoms with Crippen LogP contribution in [-0.2, 0) is 0 Å². The number of hydrogen-bond donors (Lipinski definition) is 0. The Morgan fingerprint density at radius 1 is 0.594 bits per heavy atom. The first-order valence-corrected chi connectivity index (χ1v) is 11.8. The Labute approximate surface area is 189 Å². The van der Waals surface area contributed by atoms with Crippen molar-refractivity contribution in [2.75, 3.05) is 52.5 Å². The average Bonchev–Trinajstić information content (AvgIpc) is 3.52. The molecular formula is C26H30N2O4. The minimum Gasteiger partial charge on any atom is -0.492 e. The van der Waals surface area contributed by atoms with Gasteiger partial charge in [0.25, 0.3) is 0 Å². The molecule has 168 valence electrons. The van der Waals surface area contributed by atoms with E-state index in [-0.39, 0.29) is 11.6 Å². The van der Waals surface area contributed by atoms with Gasteiger partial charge in [-0.3, -0.25) is 19.4 Å². The van der Waals surface area contributed by atoms with Gasteiger partial charge < -0.3 is 9.47 Å². The van der Waals surface area contributed by atoms with E-state index in [4.69, 9.17) is 9.47 Å². The Morgan fingerprint density at radius 2 is 1.00 bits per heavy atom. The predicted octanol–water partition coefficient (Wildman–Crippen LogP) is 3.41. The molecular weight excluding hydrogens is 404 g/mol. The molecule has 0 amide bonds. The highest BCUT2D eigenvalue weighted by atomic mass is 16.5. The lowest BCUT2D eigenvalue weighted by Gasteiger charge is -2.20. The van der Waals surface area contributed by atoms with E-state index >= 15 is 0 Å². The molecule has 0 atom stereocenters. The van der Waals surface area contributed by atoms with E-state index in [0.29, 0.717) is 47.0 Å². The van der Waals surface area contributed by atoms with Crippen LogP contribution in [0.2, 0.25) is 0 Å². The maximum atomic E-state index is 13.2. The van der Waals surface area contributed by atoms with Crippen LogP contribution < -0.4 is 9.47 Å². The van der Waals surface area contributed by atoms with Crippen molar-refractivity contribution in [3.63, 3.8) is 0 Å². The van der Waals surface area contributed by atoms with Crippen LogP contribution in [0.5, 0.6) is 11.5 Å². The Balaban J connectivity index is 1.27. The molecule has 0 bridgehead atoms. The fraction of sp³-hybridized carbons (Fsp3) is 0.462. The summed E-state index contributed by atoms with van der Waals surface area (Å²) >= 11 is 0. The fourth-order valence-electron chi connectivity index (χ4n) is 4.89. The molecule has 3 aliphatic rings. The van der Waals surface area contributed by atoms with Crippen molar-refractivity contribution in [1.82, 2.24) is 9.80 Å². The second-order valence-corrected chi connectivity index (χ2v) is 8.87. The molecule has 2 fully saturated rings. The molecule has 0 spiro atoms. The van der Waals surface area contributed by atoms with Gasteiger partial charge in [0.2, 0.25) is 0 Å². The minimum atomic E-state index is -0.149. The zero-order chi connectivity index (χ0) is 21.9. The number of carbonyl (C=O) groups excluding carboxylic acids is 2. The number of ketones is 2. The number of ether oxygens (including phenoxy) is 2. The van der Waals surface area contributed by atoms with Crippen molar-refractivity contribution in [3.05, 3.63) is 58.7 Å². The minimum absolute atomic E-state index is 0.123. The highest BCUT2D eigenvalue weighted by Gasteiger charge is 2.30. The number of nitrogens with zero attached hydrogens (tertiary/aromatic N) is 2. The molecule has 32 heavy (non-hydrogen) atoms. The zero-order valence-electron chi connectivity index (χ0n) is 18.5. The molecule has 6 heteroatoms. The lowest BCUT2D eigenvalue weighted by molar-refractivity contribution is 0.0978. The Morgan fingerprint density at radius 3 is 1.44 bits per heavy atom. The van der Waals surface area contributed by atoms with E-state index < -0.39 is 0 Å². The molecule has 0 radical (unpaired) electrons. The van der Waals surface area contributed by atoms with Crippen LogP contribution in [0.1, 0.15) is 57.5 Å². The van der Waals surface area contributed by atoms with E-state index in [1.165, 1.54) is 25.7 Å². The van der Waals surface area contributed by atoms with E-state index in [1.54, 1.807) is 36.4 Å². The van der Waals surface area contributed by atoms with Crippen LogP contribution in [0.15, 0.2) is 36.4 Å². The normalized spacial score (nSPS) is 18.6. The average molecular weight is 435 g/mol. The highest BCUT2D eigenvalue weighted by Crippen LogP contribution is 2.32. The molecule has 0 saturated carbocycles. The van der Waals surface area contributed by atoms with Crippen LogP contribution in [0.25, 0.3) is 0 Å². The quantitative estimate of drug-likeness (QED) is 0.542. The summed E-state index contributed by atoms with van der Waals surface area (Å²) < 4.78 is 11.8. The van der Waals surface area contributed by atoms with Crippen molar-refractivity contribution in [1.29, 1.82) is 0 Å². The second kappa shape index (κ2) is 9.43. The second-order valence-electron chi connectivity index (χ2n) is 8.87. The Kier molecular flexibility index (Phi) is 6.23. The van der Waals surface area contributed by atoms with Crippen molar-refractivity contribution >= 4 is 11.6 Å². The summed E-state index contributed by atoms with van der Waals surface area (Å²) in [5, 5.41) is 0. The van der Waals surface area contributed by atoms with Crippen LogP contribution >= 0.6 is 0 Å². The van der Waals surface area contributed by atoms with E-state index in [9.17, 15) is 9.59 Å². The maximum absolute atomic E-state index is 13.2. The van der Waals surface area contributed by atoms with Gasteiger partial charge in [-0.25, -0.2) is 0 Å². The summed E-state index contributed by atoms with van der Waals surface area (Å²) in [6.45, 7) is 7.41. The largest absolute Gasteiger partial charge is 0.492 e. The zero-order valence-corrected chi connectivity index (χ0v) is 18.5. The third kappa shape index (κ3) is 4.43. The van der Waals surface area contributed by atoms with Gasteiger partial charge in [-0.1, -0.05) is 0 Å². The molecule has 0 unspecified atom stereocenters. The van der Waals surface area contributed by atoms with Crippen molar-refractivity contribution in [3.8, 4) is 11.5 Å². The van der Waals surface area contributed by atoms with Crippen LogP contribution in [0.3, 0.4) is 0 Å². The van der Waals surface area contributed by atoms with Crippen molar-refractivity contribution in [2.24, 2.45) is 0 Å². The van der Waals surface area contributed by atoms with Gasteiger partial charge in [0, 0.05) is 35.3 Å². The van der Waals surface area contributed by atoms with Gasteiger partial charge in [-0.2, -0.15) is 0 Å². The molecule has 1 aliphatic carbocycles. The molecule has 2 saturated heterocycles. The highest BCUT2D eigenvalue weighted by molar-refractivity contribution is 6.28. The smallest absolute Gasteiger partial charge is 0.194 e. The van der Waals surface area contributed by atoms with Crippen LogP contribution in [-0.4, -0.2) is 73.8 Å².